The number of methoxy groups -OCH3 is 1. The molecule has 3 aromatic rings. The van der Waals surface area contributed by atoms with Gasteiger partial charge in [0, 0.05) is 61.3 Å². The number of carbonyl (C=O) groups is 1. The summed E-state index contributed by atoms with van der Waals surface area (Å²) in [6.45, 7) is 1.29. The van der Waals surface area contributed by atoms with Gasteiger partial charge in [-0.3, -0.25) is 9.69 Å². The smallest absolute Gasteiger partial charge is 0.257 e. The number of hydrogen-bond acceptors (Lipinski definition) is 7. The second-order valence-electron chi connectivity index (χ2n) is 10.0. The molecule has 2 atom stereocenters. The van der Waals surface area contributed by atoms with Gasteiger partial charge in [0.1, 0.15) is 11.9 Å². The third kappa shape index (κ3) is 4.33. The van der Waals surface area contributed by atoms with E-state index in [-0.39, 0.29) is 43.9 Å². The zero-order valence-corrected chi connectivity index (χ0v) is 21.0. The van der Waals surface area contributed by atoms with Crippen molar-refractivity contribution < 1.29 is 32.9 Å². The summed E-state index contributed by atoms with van der Waals surface area (Å²) in [5, 5.41) is 20.5. The standard InChI is InChI=1S/C27H28F3N3O5/c1-14-5-16-18(9-32-4-3-27(29,30)15(8-32)11-34)19-10-33-23(25(19)31-22(16)7-21(14)28)6-17(24(36)12-35)20(13-38-2)26(33)37/h5-7,12,15,24,34,36H,3-4,8-11,13H2,1-2H3. The fourth-order valence-electron chi connectivity index (χ4n) is 5.51. The van der Waals surface area contributed by atoms with Crippen LogP contribution in [0.1, 0.15) is 40.3 Å². The van der Waals surface area contributed by atoms with Crippen LogP contribution in [0.3, 0.4) is 0 Å². The third-order valence-electron chi connectivity index (χ3n) is 7.65. The maximum absolute atomic E-state index is 14.6. The van der Waals surface area contributed by atoms with Gasteiger partial charge >= 0.3 is 0 Å². The van der Waals surface area contributed by atoms with Gasteiger partial charge < -0.3 is 24.3 Å². The average molecular weight is 532 g/mol. The number of alkyl halides is 2. The summed E-state index contributed by atoms with van der Waals surface area (Å²) in [5.41, 5.74) is 2.69. The lowest BCUT2D eigenvalue weighted by atomic mass is 9.92. The highest BCUT2D eigenvalue weighted by atomic mass is 19.3. The first-order chi connectivity index (χ1) is 18.1. The zero-order valence-electron chi connectivity index (χ0n) is 21.0. The number of aliphatic hydroxyl groups excluding tert-OH is 2. The lowest BCUT2D eigenvalue weighted by molar-refractivity contribution is -0.121. The molecule has 2 aliphatic rings. The van der Waals surface area contributed by atoms with Gasteiger partial charge in [0.2, 0.25) is 0 Å². The highest BCUT2D eigenvalue weighted by Crippen LogP contribution is 2.39. The number of ether oxygens (including phenoxy) is 1. The van der Waals surface area contributed by atoms with Crippen LogP contribution in [0.5, 0.6) is 0 Å². The molecular weight excluding hydrogens is 503 g/mol. The topological polar surface area (TPSA) is 105 Å². The van der Waals surface area contributed by atoms with Crippen LogP contribution in [-0.2, 0) is 29.2 Å². The number of benzene rings is 1. The van der Waals surface area contributed by atoms with Gasteiger partial charge in [-0.1, -0.05) is 0 Å². The number of aryl methyl sites for hydroxylation is 1. The maximum atomic E-state index is 14.6. The molecule has 38 heavy (non-hydrogen) atoms. The van der Waals surface area contributed by atoms with Crippen LogP contribution >= 0.6 is 0 Å². The third-order valence-corrected chi connectivity index (χ3v) is 7.65. The molecule has 2 N–H and O–H groups in total. The van der Waals surface area contributed by atoms with E-state index in [2.05, 4.69) is 4.98 Å². The van der Waals surface area contributed by atoms with Gasteiger partial charge in [-0.2, -0.15) is 0 Å². The average Bonchev–Trinajstić information content (AvgIpc) is 3.25. The Labute approximate surface area is 216 Å². The van der Waals surface area contributed by atoms with Crippen molar-refractivity contribution in [2.45, 2.75) is 45.1 Å². The van der Waals surface area contributed by atoms with Crippen LogP contribution in [0.4, 0.5) is 13.2 Å². The van der Waals surface area contributed by atoms with Crippen molar-refractivity contribution in [3.8, 4) is 11.4 Å². The number of carbonyl (C=O) groups excluding carboxylic acids is 1. The Morgan fingerprint density at radius 2 is 2.05 bits per heavy atom. The number of likely N-dealkylation sites (tertiary alicyclic amines) is 1. The Bertz CT molecular complexity index is 1490. The fraction of sp³-hybridized carbons (Fsp3) is 0.444. The molecular formula is C27H28F3N3O5. The largest absolute Gasteiger partial charge is 0.396 e. The van der Waals surface area contributed by atoms with E-state index in [1.54, 1.807) is 13.0 Å². The van der Waals surface area contributed by atoms with Crippen molar-refractivity contribution in [1.29, 1.82) is 0 Å². The van der Waals surface area contributed by atoms with Gasteiger partial charge in [0.05, 0.1) is 42.6 Å². The number of fused-ring (bicyclic) bond motifs is 4. The summed E-state index contributed by atoms with van der Waals surface area (Å²) in [5.74, 6) is -4.64. The van der Waals surface area contributed by atoms with Gasteiger partial charge in [0.25, 0.3) is 11.5 Å². The van der Waals surface area contributed by atoms with E-state index < -0.39 is 42.3 Å². The number of aromatic nitrogens is 2. The molecule has 0 radical (unpaired) electrons. The molecule has 0 saturated carbocycles. The van der Waals surface area contributed by atoms with E-state index in [9.17, 15) is 33.0 Å². The summed E-state index contributed by atoms with van der Waals surface area (Å²) in [7, 11) is 1.40. The van der Waals surface area contributed by atoms with Crippen molar-refractivity contribution in [3.05, 3.63) is 62.2 Å². The van der Waals surface area contributed by atoms with Gasteiger partial charge in [0.15, 0.2) is 6.29 Å². The molecule has 11 heteroatoms. The molecule has 1 fully saturated rings. The molecule has 0 spiro atoms. The molecule has 1 aromatic carbocycles. The number of piperidine rings is 1. The quantitative estimate of drug-likeness (QED) is 0.354. The Balaban J connectivity index is 1.69. The molecule has 1 saturated heterocycles. The number of aliphatic hydroxyl groups is 2. The Morgan fingerprint density at radius 3 is 2.74 bits per heavy atom. The minimum Gasteiger partial charge on any atom is -0.396 e. The SMILES string of the molecule is COCc1c(C(O)C=O)cc2n(c1=O)Cc1c-2nc2cc(F)c(C)cc2c1CN1CCC(F)(F)C(CO)C1. The molecule has 202 valence electrons. The number of rotatable bonds is 7. The van der Waals surface area contributed by atoms with E-state index in [4.69, 9.17) is 4.74 Å². The van der Waals surface area contributed by atoms with Crippen molar-refractivity contribution in [1.82, 2.24) is 14.5 Å². The highest BCUT2D eigenvalue weighted by molar-refractivity contribution is 5.88. The first-order valence-corrected chi connectivity index (χ1v) is 12.3. The van der Waals surface area contributed by atoms with E-state index >= 15 is 0 Å². The van der Waals surface area contributed by atoms with Crippen LogP contribution < -0.4 is 5.56 Å². The molecule has 2 aromatic heterocycles. The van der Waals surface area contributed by atoms with Crippen LogP contribution in [0.15, 0.2) is 23.0 Å². The number of nitrogens with zero attached hydrogens (tertiary/aromatic N) is 3. The predicted molar refractivity (Wildman–Crippen MR) is 132 cm³/mol. The van der Waals surface area contributed by atoms with Crippen molar-refractivity contribution in [3.63, 3.8) is 0 Å². The summed E-state index contributed by atoms with van der Waals surface area (Å²) in [6.07, 6.45) is -1.63. The summed E-state index contributed by atoms with van der Waals surface area (Å²) in [4.78, 5) is 31.4. The molecule has 2 aliphatic heterocycles. The van der Waals surface area contributed by atoms with Gasteiger partial charge in [-0.25, -0.2) is 18.2 Å². The molecule has 8 nitrogen and oxygen atoms in total. The second-order valence-corrected chi connectivity index (χ2v) is 10.0. The normalized spacial score (nSPS) is 19.4. The second kappa shape index (κ2) is 9.88. The first kappa shape index (κ1) is 26.5. The van der Waals surface area contributed by atoms with E-state index in [1.807, 2.05) is 4.90 Å². The number of hydrogen-bond donors (Lipinski definition) is 2. The Hall–Kier alpha value is -3.12. The van der Waals surface area contributed by atoms with Crippen molar-refractivity contribution in [2.75, 3.05) is 26.8 Å². The Morgan fingerprint density at radius 1 is 1.29 bits per heavy atom. The summed E-state index contributed by atoms with van der Waals surface area (Å²) < 4.78 is 49.8. The van der Waals surface area contributed by atoms with E-state index in [1.165, 1.54) is 23.8 Å². The Kier molecular flexibility index (Phi) is 6.89. The molecule has 0 aliphatic carbocycles. The van der Waals surface area contributed by atoms with Crippen LogP contribution in [0.25, 0.3) is 22.3 Å². The molecule has 2 unspecified atom stereocenters. The van der Waals surface area contributed by atoms with Gasteiger partial charge in [-0.05, 0) is 30.2 Å². The van der Waals surface area contributed by atoms with Gasteiger partial charge in [-0.15, -0.1) is 0 Å². The minimum atomic E-state index is -2.97. The number of aldehydes is 1. The van der Waals surface area contributed by atoms with Crippen molar-refractivity contribution >= 4 is 17.2 Å². The lowest BCUT2D eigenvalue weighted by Gasteiger charge is -2.38. The highest BCUT2D eigenvalue weighted by Gasteiger charge is 2.44. The molecule has 0 bridgehead atoms. The maximum Gasteiger partial charge on any atom is 0.257 e. The summed E-state index contributed by atoms with van der Waals surface area (Å²) in [6, 6.07) is 4.49. The van der Waals surface area contributed by atoms with Crippen LogP contribution in [0.2, 0.25) is 0 Å². The monoisotopic (exact) mass is 531 g/mol. The zero-order chi connectivity index (χ0) is 27.4. The number of pyridine rings is 2. The predicted octanol–water partition coefficient (Wildman–Crippen LogP) is 2.70. The molecule has 0 amide bonds. The van der Waals surface area contributed by atoms with E-state index in [0.29, 0.717) is 39.7 Å². The molecule has 5 rings (SSSR count). The number of halogens is 3. The molecule has 4 heterocycles. The minimum absolute atomic E-state index is 0.0250. The van der Waals surface area contributed by atoms with E-state index in [0.717, 1.165) is 5.56 Å². The summed E-state index contributed by atoms with van der Waals surface area (Å²) >= 11 is 0. The van der Waals surface area contributed by atoms with Crippen molar-refractivity contribution in [2.24, 2.45) is 5.92 Å². The van der Waals surface area contributed by atoms with Crippen LogP contribution in [-0.4, -0.2) is 63.7 Å². The fourth-order valence-corrected chi connectivity index (χ4v) is 5.51. The first-order valence-electron chi connectivity index (χ1n) is 12.3. The lowest BCUT2D eigenvalue weighted by Crippen LogP contribution is -2.48. The van der Waals surface area contributed by atoms with Crippen LogP contribution in [0, 0.1) is 18.7 Å².